The summed E-state index contributed by atoms with van der Waals surface area (Å²) in [6, 6.07) is 0. The van der Waals surface area contributed by atoms with Gasteiger partial charge in [0.15, 0.2) is 0 Å². The average molecular weight is 135 g/mol. The molecule has 0 spiro atoms. The van der Waals surface area contributed by atoms with E-state index in [1.54, 1.807) is 0 Å². The van der Waals surface area contributed by atoms with Crippen molar-refractivity contribution in [2.45, 2.75) is 31.2 Å². The Bertz CT molecular complexity index is 66.9. The minimum absolute atomic E-state index is 0.360. The van der Waals surface area contributed by atoms with Crippen LogP contribution in [0.25, 0.3) is 0 Å². The molecule has 1 nitrogen and oxygen atoms in total. The van der Waals surface area contributed by atoms with Gasteiger partial charge in [-0.25, -0.2) is 0 Å². The molecule has 2 heteroatoms. The third-order valence-corrected chi connectivity index (χ3v) is 1.82. The van der Waals surface area contributed by atoms with Crippen LogP contribution in [-0.2, 0) is 4.74 Å². The second kappa shape index (κ2) is 2.70. The molecule has 1 fully saturated rings. The van der Waals surface area contributed by atoms with Crippen LogP contribution in [0.2, 0.25) is 0 Å². The molecule has 0 saturated carbocycles. The third kappa shape index (κ3) is 1.64. The summed E-state index contributed by atoms with van der Waals surface area (Å²) < 4.78 is 5.26. The lowest BCUT2D eigenvalue weighted by Gasteiger charge is -2.22. The molecule has 8 heavy (non-hydrogen) atoms. The quantitative estimate of drug-likeness (QED) is 0.459. The van der Waals surface area contributed by atoms with Crippen molar-refractivity contribution in [1.82, 2.24) is 0 Å². The summed E-state index contributed by atoms with van der Waals surface area (Å²) in [6.45, 7) is 2.91. The van der Waals surface area contributed by atoms with Gasteiger partial charge in [-0.15, -0.1) is 11.6 Å². The first-order valence-corrected chi connectivity index (χ1v) is 3.48. The van der Waals surface area contributed by atoms with Gasteiger partial charge in [0.05, 0.1) is 6.10 Å². The fourth-order valence-electron chi connectivity index (χ4n) is 0.943. The minimum Gasteiger partial charge on any atom is -0.378 e. The number of halogens is 1. The summed E-state index contributed by atoms with van der Waals surface area (Å²) in [4.78, 5) is 0. The fourth-order valence-corrected chi connectivity index (χ4v) is 1.28. The van der Waals surface area contributed by atoms with E-state index in [2.05, 4.69) is 6.92 Å². The van der Waals surface area contributed by atoms with Gasteiger partial charge in [0, 0.05) is 12.0 Å². The maximum absolute atomic E-state index is 5.83. The molecule has 0 radical (unpaired) electrons. The molecule has 0 N–H and O–H groups in total. The van der Waals surface area contributed by atoms with Crippen LogP contribution in [0.15, 0.2) is 0 Å². The van der Waals surface area contributed by atoms with E-state index in [4.69, 9.17) is 16.3 Å². The van der Waals surface area contributed by atoms with Gasteiger partial charge in [0.25, 0.3) is 0 Å². The van der Waals surface area contributed by atoms with Crippen LogP contribution in [0.3, 0.4) is 0 Å². The van der Waals surface area contributed by atoms with Crippen LogP contribution in [0, 0.1) is 0 Å². The van der Waals surface area contributed by atoms with Crippen molar-refractivity contribution in [1.29, 1.82) is 0 Å². The molecule has 0 aromatic carbocycles. The molecule has 0 aliphatic carbocycles. The van der Waals surface area contributed by atoms with Crippen LogP contribution in [0.5, 0.6) is 0 Å². The molecular formula is C6H11ClO. The lowest BCUT2D eigenvalue weighted by Crippen LogP contribution is -2.22. The summed E-state index contributed by atoms with van der Waals surface area (Å²) >= 11 is 5.83. The highest BCUT2D eigenvalue weighted by Gasteiger charge is 2.15. The highest BCUT2D eigenvalue weighted by Crippen LogP contribution is 2.17. The Morgan fingerprint density at radius 3 is 2.75 bits per heavy atom. The van der Waals surface area contributed by atoms with Crippen molar-refractivity contribution in [2.24, 2.45) is 0 Å². The summed E-state index contributed by atoms with van der Waals surface area (Å²) in [7, 11) is 0. The van der Waals surface area contributed by atoms with Crippen LogP contribution in [0.1, 0.15) is 19.8 Å². The van der Waals surface area contributed by atoms with E-state index in [1.165, 1.54) is 0 Å². The lowest BCUT2D eigenvalue weighted by atomic mass is 10.1. The second-order valence-corrected chi connectivity index (χ2v) is 2.92. The Morgan fingerprint density at radius 1 is 1.62 bits per heavy atom. The van der Waals surface area contributed by atoms with Crippen LogP contribution < -0.4 is 0 Å². The van der Waals surface area contributed by atoms with Crippen molar-refractivity contribution >= 4 is 11.6 Å². The van der Waals surface area contributed by atoms with Crippen molar-refractivity contribution in [2.75, 3.05) is 6.61 Å². The maximum Gasteiger partial charge on any atom is 0.0561 e. The zero-order chi connectivity index (χ0) is 5.98. The predicted molar refractivity (Wildman–Crippen MR) is 34.3 cm³/mol. The first kappa shape index (κ1) is 6.37. The Kier molecular flexibility index (Phi) is 2.15. The molecule has 1 rings (SSSR count). The van der Waals surface area contributed by atoms with E-state index in [1.807, 2.05) is 0 Å². The average Bonchev–Trinajstić information content (AvgIpc) is 1.64. The van der Waals surface area contributed by atoms with E-state index in [0.717, 1.165) is 19.4 Å². The Labute approximate surface area is 55.0 Å². The van der Waals surface area contributed by atoms with Crippen molar-refractivity contribution in [3.63, 3.8) is 0 Å². The zero-order valence-electron chi connectivity index (χ0n) is 5.06. The SMILES string of the molecule is C[C@@H]1C[C@@H](Cl)CCO1. The molecule has 0 aromatic heterocycles. The van der Waals surface area contributed by atoms with E-state index in [0.29, 0.717) is 11.5 Å². The third-order valence-electron chi connectivity index (χ3n) is 1.42. The van der Waals surface area contributed by atoms with Gasteiger partial charge in [-0.3, -0.25) is 0 Å². The summed E-state index contributed by atoms with van der Waals surface area (Å²) in [6.07, 6.45) is 2.42. The summed E-state index contributed by atoms with van der Waals surface area (Å²) in [5.74, 6) is 0. The normalized spacial score (nSPS) is 39.8. The van der Waals surface area contributed by atoms with E-state index in [9.17, 15) is 0 Å². The molecule has 2 atom stereocenters. The Morgan fingerprint density at radius 2 is 2.38 bits per heavy atom. The highest BCUT2D eigenvalue weighted by atomic mass is 35.5. The molecule has 1 heterocycles. The van der Waals surface area contributed by atoms with E-state index in [-0.39, 0.29) is 0 Å². The number of hydrogen-bond acceptors (Lipinski definition) is 1. The zero-order valence-corrected chi connectivity index (χ0v) is 5.82. The molecule has 48 valence electrons. The van der Waals surface area contributed by atoms with Crippen LogP contribution in [0.4, 0.5) is 0 Å². The van der Waals surface area contributed by atoms with Crippen LogP contribution >= 0.6 is 11.6 Å². The Balaban J connectivity index is 2.23. The second-order valence-electron chi connectivity index (χ2n) is 2.30. The van der Waals surface area contributed by atoms with Crippen molar-refractivity contribution in [3.05, 3.63) is 0 Å². The highest BCUT2D eigenvalue weighted by molar-refractivity contribution is 6.20. The smallest absolute Gasteiger partial charge is 0.0561 e. The number of rotatable bonds is 0. The maximum atomic E-state index is 5.83. The molecule has 1 aliphatic heterocycles. The molecule has 0 bridgehead atoms. The molecule has 0 amide bonds. The number of ether oxygens (including phenoxy) is 1. The predicted octanol–water partition coefficient (Wildman–Crippen LogP) is 1.79. The molecule has 1 aliphatic rings. The van der Waals surface area contributed by atoms with Gasteiger partial charge in [-0.2, -0.15) is 0 Å². The lowest BCUT2D eigenvalue weighted by molar-refractivity contribution is 0.0304. The number of hydrogen-bond donors (Lipinski definition) is 0. The van der Waals surface area contributed by atoms with Gasteiger partial charge in [-0.05, 0) is 19.8 Å². The first-order valence-electron chi connectivity index (χ1n) is 3.04. The standard InChI is InChI=1S/C6H11ClO/c1-5-4-6(7)2-3-8-5/h5-6H,2-4H2,1H3/t5-,6+/m1/s1. The summed E-state index contributed by atoms with van der Waals surface area (Å²) in [5.41, 5.74) is 0. The number of alkyl halides is 1. The first-order chi connectivity index (χ1) is 3.79. The topological polar surface area (TPSA) is 9.23 Å². The van der Waals surface area contributed by atoms with Crippen molar-refractivity contribution < 1.29 is 4.74 Å². The van der Waals surface area contributed by atoms with E-state index < -0.39 is 0 Å². The molecular weight excluding hydrogens is 124 g/mol. The van der Waals surface area contributed by atoms with Gasteiger partial charge >= 0.3 is 0 Å². The minimum atomic E-state index is 0.360. The van der Waals surface area contributed by atoms with Gasteiger partial charge in [-0.1, -0.05) is 0 Å². The Hall–Kier alpha value is 0.250. The molecule has 0 aromatic rings. The largest absolute Gasteiger partial charge is 0.378 e. The van der Waals surface area contributed by atoms with Gasteiger partial charge < -0.3 is 4.74 Å². The van der Waals surface area contributed by atoms with Crippen molar-refractivity contribution in [3.8, 4) is 0 Å². The molecule has 1 saturated heterocycles. The summed E-state index contributed by atoms with van der Waals surface area (Å²) in [5, 5.41) is 0.360. The van der Waals surface area contributed by atoms with Gasteiger partial charge in [0.1, 0.15) is 0 Å². The van der Waals surface area contributed by atoms with Gasteiger partial charge in [0.2, 0.25) is 0 Å². The molecule has 0 unspecified atom stereocenters. The van der Waals surface area contributed by atoms with Crippen LogP contribution in [-0.4, -0.2) is 18.1 Å². The fraction of sp³-hybridized carbons (Fsp3) is 1.00. The monoisotopic (exact) mass is 134 g/mol. The van der Waals surface area contributed by atoms with E-state index >= 15 is 0 Å².